The van der Waals surface area contributed by atoms with Crippen LogP contribution >= 0.6 is 0 Å². The van der Waals surface area contributed by atoms with E-state index in [0.29, 0.717) is 5.69 Å². The number of anilines is 1. The lowest BCUT2D eigenvalue weighted by atomic mass is 10.0. The fourth-order valence-electron chi connectivity index (χ4n) is 2.13. The third kappa shape index (κ3) is 1.97. The predicted octanol–water partition coefficient (Wildman–Crippen LogP) is 2.89. The van der Waals surface area contributed by atoms with Gasteiger partial charge in [-0.15, -0.1) is 0 Å². The van der Waals surface area contributed by atoms with Gasteiger partial charge in [-0.2, -0.15) is 10.2 Å². The summed E-state index contributed by atoms with van der Waals surface area (Å²) in [4.78, 5) is 0. The zero-order chi connectivity index (χ0) is 13.2. The summed E-state index contributed by atoms with van der Waals surface area (Å²) in [5, 5.41) is 8.91. The van der Waals surface area contributed by atoms with Gasteiger partial charge in [0.05, 0.1) is 24.5 Å². The number of methoxy groups -OCH3 is 1. The zero-order valence-electron chi connectivity index (χ0n) is 10.5. The van der Waals surface area contributed by atoms with Crippen molar-refractivity contribution < 1.29 is 4.74 Å². The van der Waals surface area contributed by atoms with Crippen molar-refractivity contribution in [1.82, 2.24) is 10.2 Å². The molecular formula is C15H13N3O. The second kappa shape index (κ2) is 4.57. The molecule has 0 aliphatic rings. The summed E-state index contributed by atoms with van der Waals surface area (Å²) in [7, 11) is 1.66. The van der Waals surface area contributed by atoms with Gasteiger partial charge in [-0.3, -0.25) is 0 Å². The Morgan fingerprint density at radius 3 is 2.79 bits per heavy atom. The van der Waals surface area contributed by atoms with Gasteiger partial charge in [0, 0.05) is 10.9 Å². The van der Waals surface area contributed by atoms with Crippen LogP contribution in [0.3, 0.4) is 0 Å². The van der Waals surface area contributed by atoms with Crippen molar-refractivity contribution in [3.63, 3.8) is 0 Å². The van der Waals surface area contributed by atoms with E-state index in [2.05, 4.69) is 10.2 Å². The first-order valence-corrected chi connectivity index (χ1v) is 5.94. The molecule has 0 spiro atoms. The largest absolute Gasteiger partial charge is 0.496 e. The highest BCUT2D eigenvalue weighted by atomic mass is 16.5. The van der Waals surface area contributed by atoms with E-state index in [1.807, 2.05) is 42.5 Å². The van der Waals surface area contributed by atoms with E-state index in [-0.39, 0.29) is 0 Å². The first-order chi connectivity index (χ1) is 9.29. The summed E-state index contributed by atoms with van der Waals surface area (Å²) >= 11 is 0. The Bertz CT molecular complexity index is 740. The van der Waals surface area contributed by atoms with Crippen molar-refractivity contribution >= 4 is 16.6 Å². The van der Waals surface area contributed by atoms with Crippen LogP contribution in [-0.4, -0.2) is 17.3 Å². The molecule has 3 aromatic rings. The molecule has 0 amide bonds. The molecule has 0 saturated heterocycles. The Morgan fingerprint density at radius 2 is 1.95 bits per heavy atom. The normalized spacial score (nSPS) is 10.6. The van der Waals surface area contributed by atoms with E-state index in [9.17, 15) is 0 Å². The minimum absolute atomic E-state index is 0.636. The molecule has 4 nitrogen and oxygen atoms in total. The second-order valence-electron chi connectivity index (χ2n) is 4.23. The van der Waals surface area contributed by atoms with E-state index < -0.39 is 0 Å². The summed E-state index contributed by atoms with van der Waals surface area (Å²) in [6.07, 6.45) is 1.56. The Morgan fingerprint density at radius 1 is 1.11 bits per heavy atom. The maximum Gasteiger partial charge on any atom is 0.126 e. The maximum atomic E-state index is 5.87. The lowest BCUT2D eigenvalue weighted by Crippen LogP contribution is -1.93. The number of aromatic nitrogens is 2. The number of para-hydroxylation sites is 1. The standard InChI is InChI=1S/C15H13N3O/c1-19-15-5-3-2-4-11(15)10-6-7-12-13(16)9-17-18-14(12)8-10/h2-9H,1H3,(H2,16,18). The Balaban J connectivity index is 2.21. The van der Waals surface area contributed by atoms with Crippen LogP contribution in [0.4, 0.5) is 5.69 Å². The zero-order valence-corrected chi connectivity index (χ0v) is 10.5. The van der Waals surface area contributed by atoms with Crippen LogP contribution in [0.25, 0.3) is 22.0 Å². The topological polar surface area (TPSA) is 61.0 Å². The highest BCUT2D eigenvalue weighted by Gasteiger charge is 2.07. The highest BCUT2D eigenvalue weighted by Crippen LogP contribution is 2.31. The fraction of sp³-hybridized carbons (Fsp3) is 0.0667. The van der Waals surface area contributed by atoms with Gasteiger partial charge in [-0.25, -0.2) is 0 Å². The van der Waals surface area contributed by atoms with Crippen molar-refractivity contribution in [2.24, 2.45) is 0 Å². The van der Waals surface area contributed by atoms with Crippen molar-refractivity contribution in [2.45, 2.75) is 0 Å². The van der Waals surface area contributed by atoms with Gasteiger partial charge in [0.1, 0.15) is 5.75 Å². The smallest absolute Gasteiger partial charge is 0.126 e. The Labute approximate surface area is 110 Å². The van der Waals surface area contributed by atoms with Crippen molar-refractivity contribution in [3.8, 4) is 16.9 Å². The van der Waals surface area contributed by atoms with Crippen LogP contribution in [0.2, 0.25) is 0 Å². The predicted molar refractivity (Wildman–Crippen MR) is 75.9 cm³/mol. The Hall–Kier alpha value is -2.62. The number of hydrogen-bond acceptors (Lipinski definition) is 4. The molecule has 1 heterocycles. The van der Waals surface area contributed by atoms with Gasteiger partial charge in [0.15, 0.2) is 0 Å². The maximum absolute atomic E-state index is 5.87. The molecule has 2 N–H and O–H groups in total. The molecule has 0 atom stereocenters. The molecule has 94 valence electrons. The first kappa shape index (κ1) is 11.5. The number of benzene rings is 2. The molecule has 1 aromatic heterocycles. The number of nitrogen functional groups attached to an aromatic ring is 1. The molecule has 0 fully saturated rings. The van der Waals surface area contributed by atoms with Gasteiger partial charge in [-0.05, 0) is 23.8 Å². The molecule has 0 radical (unpaired) electrons. The van der Waals surface area contributed by atoms with Gasteiger partial charge in [0.2, 0.25) is 0 Å². The van der Waals surface area contributed by atoms with Gasteiger partial charge < -0.3 is 10.5 Å². The molecular weight excluding hydrogens is 238 g/mol. The number of nitrogens with zero attached hydrogens (tertiary/aromatic N) is 2. The summed E-state index contributed by atoms with van der Waals surface area (Å²) in [5.41, 5.74) is 9.35. The summed E-state index contributed by atoms with van der Waals surface area (Å²) < 4.78 is 5.37. The number of hydrogen-bond donors (Lipinski definition) is 1. The van der Waals surface area contributed by atoms with Crippen LogP contribution in [0.15, 0.2) is 48.7 Å². The van der Waals surface area contributed by atoms with Crippen LogP contribution in [0.1, 0.15) is 0 Å². The van der Waals surface area contributed by atoms with Crippen LogP contribution in [0.5, 0.6) is 5.75 Å². The van der Waals surface area contributed by atoms with Crippen LogP contribution in [0, 0.1) is 0 Å². The monoisotopic (exact) mass is 251 g/mol. The molecule has 0 unspecified atom stereocenters. The lowest BCUT2D eigenvalue weighted by molar-refractivity contribution is 0.416. The SMILES string of the molecule is COc1ccccc1-c1ccc2c(N)cnnc2c1. The summed E-state index contributed by atoms with van der Waals surface area (Å²) in [6.45, 7) is 0. The van der Waals surface area contributed by atoms with Crippen molar-refractivity contribution in [3.05, 3.63) is 48.7 Å². The van der Waals surface area contributed by atoms with Gasteiger partial charge in [-0.1, -0.05) is 24.3 Å². The number of fused-ring (bicyclic) bond motifs is 1. The average molecular weight is 251 g/mol. The van der Waals surface area contributed by atoms with E-state index >= 15 is 0 Å². The van der Waals surface area contributed by atoms with Gasteiger partial charge in [0.25, 0.3) is 0 Å². The van der Waals surface area contributed by atoms with Crippen molar-refractivity contribution in [2.75, 3.05) is 12.8 Å². The molecule has 0 saturated carbocycles. The molecule has 4 heteroatoms. The number of rotatable bonds is 2. The number of nitrogens with two attached hydrogens (primary N) is 1. The highest BCUT2D eigenvalue weighted by molar-refractivity contribution is 5.92. The quantitative estimate of drug-likeness (QED) is 0.760. The van der Waals surface area contributed by atoms with E-state index in [0.717, 1.165) is 27.8 Å². The molecule has 19 heavy (non-hydrogen) atoms. The van der Waals surface area contributed by atoms with E-state index in [1.165, 1.54) is 0 Å². The minimum atomic E-state index is 0.636. The van der Waals surface area contributed by atoms with Crippen LogP contribution in [-0.2, 0) is 0 Å². The first-order valence-electron chi connectivity index (χ1n) is 5.94. The summed E-state index contributed by atoms with van der Waals surface area (Å²) in [5.74, 6) is 0.832. The van der Waals surface area contributed by atoms with Gasteiger partial charge >= 0.3 is 0 Å². The average Bonchev–Trinajstić information content (AvgIpc) is 2.47. The van der Waals surface area contributed by atoms with Crippen LogP contribution < -0.4 is 10.5 Å². The third-order valence-electron chi connectivity index (χ3n) is 3.09. The second-order valence-corrected chi connectivity index (χ2v) is 4.23. The molecule has 2 aromatic carbocycles. The molecule has 0 aliphatic carbocycles. The fourth-order valence-corrected chi connectivity index (χ4v) is 2.13. The number of ether oxygens (including phenoxy) is 1. The Kier molecular flexibility index (Phi) is 2.76. The van der Waals surface area contributed by atoms with Crippen molar-refractivity contribution in [1.29, 1.82) is 0 Å². The third-order valence-corrected chi connectivity index (χ3v) is 3.09. The molecule has 0 bridgehead atoms. The summed E-state index contributed by atoms with van der Waals surface area (Å²) in [6, 6.07) is 13.8. The molecule has 3 rings (SSSR count). The van der Waals surface area contributed by atoms with E-state index in [4.69, 9.17) is 10.5 Å². The van der Waals surface area contributed by atoms with E-state index in [1.54, 1.807) is 13.3 Å². The lowest BCUT2D eigenvalue weighted by Gasteiger charge is -2.09. The minimum Gasteiger partial charge on any atom is -0.496 e. The molecule has 0 aliphatic heterocycles.